The summed E-state index contributed by atoms with van der Waals surface area (Å²) in [6, 6.07) is 0. The van der Waals surface area contributed by atoms with Gasteiger partial charge in [0.25, 0.3) is 0 Å². The number of carbonyl (C=O) groups is 1. The summed E-state index contributed by atoms with van der Waals surface area (Å²) >= 11 is 0. The Morgan fingerprint density at radius 3 is 1.77 bits per heavy atom. The summed E-state index contributed by atoms with van der Waals surface area (Å²) in [4.78, 5) is 11.3. The van der Waals surface area contributed by atoms with Crippen molar-refractivity contribution in [1.82, 2.24) is 5.43 Å². The number of nitrogens with two attached hydrogens (primary N) is 1. The van der Waals surface area contributed by atoms with Crippen molar-refractivity contribution in [1.29, 1.82) is 0 Å². The smallest absolute Gasteiger partial charge is 0.237 e. The van der Waals surface area contributed by atoms with E-state index in [1.54, 1.807) is 0 Å². The van der Waals surface area contributed by atoms with Crippen LogP contribution in [0.5, 0.6) is 0 Å². The highest BCUT2D eigenvalue weighted by atomic mass is 16.2. The number of hydrazine groups is 1. The summed E-state index contributed by atoms with van der Waals surface area (Å²) in [5.41, 5.74) is 2.24. The van der Waals surface area contributed by atoms with Gasteiger partial charge in [0.05, 0.1) is 0 Å². The second kappa shape index (κ2) is 5.97. The molecule has 0 atom stereocenters. The maximum atomic E-state index is 11.3. The van der Waals surface area contributed by atoms with Crippen LogP contribution in [0.15, 0.2) is 0 Å². The van der Waals surface area contributed by atoms with Crippen LogP contribution < -0.4 is 11.3 Å². The predicted molar refractivity (Wildman–Crippen MR) is 54.7 cm³/mol. The average molecular weight is 186 g/mol. The number of hydrogen-bond donors (Lipinski definition) is 2. The molecule has 0 aromatic rings. The van der Waals surface area contributed by atoms with E-state index in [1.165, 1.54) is 0 Å². The van der Waals surface area contributed by atoms with Crippen LogP contribution in [0.1, 0.15) is 40.5 Å². The van der Waals surface area contributed by atoms with E-state index in [-0.39, 0.29) is 11.8 Å². The third-order valence-electron chi connectivity index (χ3n) is 2.02. The molecule has 0 heterocycles. The molecule has 0 fully saturated rings. The van der Waals surface area contributed by atoms with Gasteiger partial charge in [-0.05, 0) is 24.7 Å². The molecule has 0 aliphatic heterocycles. The number of hydrogen-bond acceptors (Lipinski definition) is 2. The lowest BCUT2D eigenvalue weighted by molar-refractivity contribution is -0.126. The second-order valence-corrected chi connectivity index (χ2v) is 4.46. The molecule has 0 radical (unpaired) electrons. The fourth-order valence-corrected chi connectivity index (χ4v) is 1.57. The van der Waals surface area contributed by atoms with Gasteiger partial charge in [-0.1, -0.05) is 27.7 Å². The van der Waals surface area contributed by atoms with Gasteiger partial charge in [0, 0.05) is 5.92 Å². The van der Waals surface area contributed by atoms with Crippen LogP contribution >= 0.6 is 0 Å². The van der Waals surface area contributed by atoms with Gasteiger partial charge in [-0.2, -0.15) is 0 Å². The summed E-state index contributed by atoms with van der Waals surface area (Å²) in [6.07, 6.45) is 1.84. The Bertz CT molecular complexity index is 145. The monoisotopic (exact) mass is 186 g/mol. The molecule has 78 valence electrons. The minimum absolute atomic E-state index is 0.0256. The van der Waals surface area contributed by atoms with Crippen LogP contribution in [0.3, 0.4) is 0 Å². The molecule has 13 heavy (non-hydrogen) atoms. The van der Waals surface area contributed by atoms with Gasteiger partial charge in [-0.3, -0.25) is 10.2 Å². The van der Waals surface area contributed by atoms with Gasteiger partial charge in [0.1, 0.15) is 0 Å². The SMILES string of the molecule is CC(C)CC(CC(C)C)C(=O)NN. The third-order valence-corrected chi connectivity index (χ3v) is 2.02. The lowest BCUT2D eigenvalue weighted by atomic mass is 9.89. The van der Waals surface area contributed by atoms with Crippen LogP contribution in [0, 0.1) is 17.8 Å². The summed E-state index contributed by atoms with van der Waals surface area (Å²) in [5.74, 6) is 6.26. The summed E-state index contributed by atoms with van der Waals surface area (Å²) in [5, 5.41) is 0. The van der Waals surface area contributed by atoms with E-state index in [4.69, 9.17) is 5.84 Å². The van der Waals surface area contributed by atoms with Crippen LogP contribution in [-0.2, 0) is 4.79 Å². The van der Waals surface area contributed by atoms with E-state index in [1.807, 2.05) is 0 Å². The van der Waals surface area contributed by atoms with Gasteiger partial charge in [0.2, 0.25) is 5.91 Å². The Morgan fingerprint density at radius 1 is 1.15 bits per heavy atom. The Hall–Kier alpha value is -0.570. The first-order valence-corrected chi connectivity index (χ1v) is 4.97. The molecular weight excluding hydrogens is 164 g/mol. The first-order valence-electron chi connectivity index (χ1n) is 4.97. The number of nitrogens with one attached hydrogen (secondary N) is 1. The average Bonchev–Trinajstić information content (AvgIpc) is 2.00. The van der Waals surface area contributed by atoms with Crippen molar-refractivity contribution in [3.63, 3.8) is 0 Å². The normalized spacial score (nSPS) is 11.4. The minimum Gasteiger partial charge on any atom is -0.294 e. The summed E-state index contributed by atoms with van der Waals surface area (Å²) < 4.78 is 0. The van der Waals surface area contributed by atoms with Gasteiger partial charge in [-0.25, -0.2) is 5.84 Å². The molecule has 0 aromatic carbocycles. The molecule has 0 aromatic heterocycles. The Labute approximate surface area is 81.0 Å². The quantitative estimate of drug-likeness (QED) is 0.390. The molecule has 3 N–H and O–H groups in total. The minimum atomic E-state index is -0.0256. The highest BCUT2D eigenvalue weighted by Crippen LogP contribution is 2.19. The van der Waals surface area contributed by atoms with Gasteiger partial charge < -0.3 is 0 Å². The van der Waals surface area contributed by atoms with Crippen molar-refractivity contribution < 1.29 is 4.79 Å². The lowest BCUT2D eigenvalue weighted by Gasteiger charge is -2.18. The van der Waals surface area contributed by atoms with Crippen molar-refractivity contribution in [2.45, 2.75) is 40.5 Å². The van der Waals surface area contributed by atoms with Gasteiger partial charge >= 0.3 is 0 Å². The number of amides is 1. The van der Waals surface area contributed by atoms with Crippen LogP contribution in [0.25, 0.3) is 0 Å². The number of carbonyl (C=O) groups excluding carboxylic acids is 1. The molecule has 0 spiro atoms. The molecule has 0 rings (SSSR count). The molecule has 3 nitrogen and oxygen atoms in total. The van der Waals surface area contributed by atoms with Crippen molar-refractivity contribution in [2.75, 3.05) is 0 Å². The zero-order valence-electron chi connectivity index (χ0n) is 9.13. The summed E-state index contributed by atoms with van der Waals surface area (Å²) in [7, 11) is 0. The van der Waals surface area contributed by atoms with E-state index < -0.39 is 0 Å². The molecule has 0 saturated carbocycles. The second-order valence-electron chi connectivity index (χ2n) is 4.46. The van der Waals surface area contributed by atoms with Crippen molar-refractivity contribution >= 4 is 5.91 Å². The standard InChI is InChI=1S/C10H22N2O/c1-7(2)5-9(6-8(3)4)10(13)12-11/h7-9H,5-6,11H2,1-4H3,(H,12,13). The molecule has 3 heteroatoms. The van der Waals surface area contributed by atoms with E-state index in [9.17, 15) is 4.79 Å². The lowest BCUT2D eigenvalue weighted by Crippen LogP contribution is -2.37. The fourth-order valence-electron chi connectivity index (χ4n) is 1.57. The van der Waals surface area contributed by atoms with Crippen LogP contribution in [0.2, 0.25) is 0 Å². The van der Waals surface area contributed by atoms with E-state index in [2.05, 4.69) is 33.1 Å². The summed E-state index contributed by atoms with van der Waals surface area (Å²) in [6.45, 7) is 8.49. The molecule has 0 aliphatic carbocycles. The number of rotatable bonds is 5. The molecule has 0 aliphatic rings. The van der Waals surface area contributed by atoms with Crippen LogP contribution in [0.4, 0.5) is 0 Å². The predicted octanol–water partition coefficient (Wildman–Crippen LogP) is 1.68. The molecule has 0 saturated heterocycles. The first kappa shape index (κ1) is 12.4. The first-order chi connectivity index (χ1) is 5.97. The highest BCUT2D eigenvalue weighted by molar-refractivity contribution is 5.77. The van der Waals surface area contributed by atoms with Crippen molar-refractivity contribution in [3.05, 3.63) is 0 Å². The maximum Gasteiger partial charge on any atom is 0.237 e. The third kappa shape index (κ3) is 5.64. The maximum absolute atomic E-state index is 11.3. The largest absolute Gasteiger partial charge is 0.294 e. The molecule has 0 bridgehead atoms. The van der Waals surface area contributed by atoms with Gasteiger partial charge in [0.15, 0.2) is 0 Å². The van der Waals surface area contributed by atoms with E-state index in [0.29, 0.717) is 11.8 Å². The van der Waals surface area contributed by atoms with Gasteiger partial charge in [-0.15, -0.1) is 0 Å². The zero-order valence-corrected chi connectivity index (χ0v) is 9.13. The van der Waals surface area contributed by atoms with Crippen molar-refractivity contribution in [2.24, 2.45) is 23.6 Å². The highest BCUT2D eigenvalue weighted by Gasteiger charge is 2.19. The Morgan fingerprint density at radius 2 is 1.54 bits per heavy atom. The van der Waals surface area contributed by atoms with Crippen molar-refractivity contribution in [3.8, 4) is 0 Å². The molecule has 0 unspecified atom stereocenters. The molecule has 1 amide bonds. The Balaban J connectivity index is 4.10. The fraction of sp³-hybridized carbons (Fsp3) is 0.900. The molecular formula is C10H22N2O. The van der Waals surface area contributed by atoms with E-state index >= 15 is 0 Å². The van der Waals surface area contributed by atoms with Crippen LogP contribution in [-0.4, -0.2) is 5.91 Å². The topological polar surface area (TPSA) is 55.1 Å². The van der Waals surface area contributed by atoms with E-state index in [0.717, 1.165) is 12.8 Å². The zero-order chi connectivity index (χ0) is 10.4. The Kier molecular flexibility index (Phi) is 5.71.